The van der Waals surface area contributed by atoms with E-state index in [2.05, 4.69) is 5.32 Å². The van der Waals surface area contributed by atoms with Gasteiger partial charge in [0.25, 0.3) is 6.47 Å². The summed E-state index contributed by atoms with van der Waals surface area (Å²) in [6.07, 6.45) is 3.54. The summed E-state index contributed by atoms with van der Waals surface area (Å²) in [7, 11) is 0. The Labute approximate surface area is 137 Å². The third-order valence-electron chi connectivity index (χ3n) is 4.43. The first-order valence-electron chi connectivity index (χ1n) is 8.25. The highest BCUT2D eigenvalue weighted by atomic mass is 16.3. The number of rotatable bonds is 3. The lowest BCUT2D eigenvalue weighted by atomic mass is 9.82. The molecule has 2 amide bonds. The van der Waals surface area contributed by atoms with Gasteiger partial charge in [0.15, 0.2) is 0 Å². The van der Waals surface area contributed by atoms with Crippen LogP contribution in [-0.2, 0) is 14.4 Å². The normalized spacial score (nSPS) is 27.1. The van der Waals surface area contributed by atoms with E-state index in [0.717, 1.165) is 32.4 Å². The average Bonchev–Trinajstić information content (AvgIpc) is 3.03. The van der Waals surface area contributed by atoms with E-state index < -0.39 is 6.10 Å². The van der Waals surface area contributed by atoms with Crippen LogP contribution in [0, 0.1) is 11.8 Å². The Kier molecular flexibility index (Phi) is 8.02. The van der Waals surface area contributed by atoms with E-state index in [9.17, 15) is 14.7 Å². The molecule has 0 radical (unpaired) electrons. The molecule has 2 fully saturated rings. The van der Waals surface area contributed by atoms with E-state index in [-0.39, 0.29) is 36.2 Å². The molecule has 0 spiro atoms. The van der Waals surface area contributed by atoms with Gasteiger partial charge in [-0.2, -0.15) is 0 Å². The van der Waals surface area contributed by atoms with Crippen molar-refractivity contribution in [3.05, 3.63) is 0 Å². The predicted octanol–water partition coefficient (Wildman–Crippen LogP) is 0.611. The van der Waals surface area contributed by atoms with Crippen molar-refractivity contribution in [3.8, 4) is 0 Å². The van der Waals surface area contributed by atoms with Crippen molar-refractivity contribution in [2.75, 3.05) is 13.1 Å². The van der Waals surface area contributed by atoms with Gasteiger partial charge < -0.3 is 20.4 Å². The molecule has 23 heavy (non-hydrogen) atoms. The van der Waals surface area contributed by atoms with E-state index in [1.165, 1.54) is 0 Å². The molecule has 0 unspecified atom stereocenters. The third kappa shape index (κ3) is 5.82. The second-order valence-electron chi connectivity index (χ2n) is 6.48. The lowest BCUT2D eigenvalue weighted by Crippen LogP contribution is -2.50. The van der Waals surface area contributed by atoms with Crippen LogP contribution >= 0.6 is 0 Å². The summed E-state index contributed by atoms with van der Waals surface area (Å²) in [4.78, 5) is 34.5. The summed E-state index contributed by atoms with van der Waals surface area (Å²) < 4.78 is 0. The van der Waals surface area contributed by atoms with Crippen molar-refractivity contribution in [1.82, 2.24) is 10.2 Å². The number of hydrogen-bond acceptors (Lipinski definition) is 4. The van der Waals surface area contributed by atoms with Crippen LogP contribution in [0.15, 0.2) is 0 Å². The molecule has 132 valence electrons. The minimum Gasteiger partial charge on any atom is -0.483 e. The molecule has 0 aromatic heterocycles. The number of aliphatic hydroxyl groups excluding tert-OH is 1. The molecule has 7 nitrogen and oxygen atoms in total. The molecule has 2 rings (SSSR count). The summed E-state index contributed by atoms with van der Waals surface area (Å²) in [6.45, 7) is 5.14. The highest BCUT2D eigenvalue weighted by molar-refractivity contribution is 5.80. The smallest absolute Gasteiger partial charge is 0.290 e. The van der Waals surface area contributed by atoms with Gasteiger partial charge in [-0.3, -0.25) is 14.4 Å². The maximum absolute atomic E-state index is 12.4. The standard InChI is InChI=1S/C15H26N2O3.CH2O2/c1-10(2)14(19)16-12-9-11(5-6-13(12)18)15(20)17-7-3-4-8-17;2-1-3/h10-13,18H,3-9H2,1-2H3,(H,16,19);1H,(H,2,3)/t11-,12+,13+;/m0./s1. The molecule has 1 aliphatic heterocycles. The van der Waals surface area contributed by atoms with Crippen molar-refractivity contribution in [3.63, 3.8) is 0 Å². The highest BCUT2D eigenvalue weighted by Gasteiger charge is 2.36. The van der Waals surface area contributed by atoms with Crippen molar-refractivity contribution in [1.29, 1.82) is 0 Å². The van der Waals surface area contributed by atoms with Crippen LogP contribution in [-0.4, -0.2) is 58.6 Å². The maximum atomic E-state index is 12.4. The van der Waals surface area contributed by atoms with Crippen LogP contribution in [0.4, 0.5) is 0 Å². The minimum absolute atomic E-state index is 0.0473. The summed E-state index contributed by atoms with van der Waals surface area (Å²) in [5.41, 5.74) is 0. The summed E-state index contributed by atoms with van der Waals surface area (Å²) in [6, 6.07) is -0.282. The lowest BCUT2D eigenvalue weighted by molar-refractivity contribution is -0.137. The lowest BCUT2D eigenvalue weighted by Gasteiger charge is -2.35. The van der Waals surface area contributed by atoms with Gasteiger partial charge in [0.05, 0.1) is 12.1 Å². The Morgan fingerprint density at radius 3 is 2.30 bits per heavy atom. The fourth-order valence-electron chi connectivity index (χ4n) is 3.08. The number of aliphatic hydroxyl groups is 1. The molecular formula is C16H28N2O5. The van der Waals surface area contributed by atoms with Crippen molar-refractivity contribution in [2.24, 2.45) is 11.8 Å². The van der Waals surface area contributed by atoms with Gasteiger partial charge in [-0.05, 0) is 32.1 Å². The quantitative estimate of drug-likeness (QED) is 0.658. The van der Waals surface area contributed by atoms with Gasteiger partial charge in [-0.15, -0.1) is 0 Å². The maximum Gasteiger partial charge on any atom is 0.290 e. The molecule has 1 saturated carbocycles. The molecule has 3 atom stereocenters. The number of carbonyl (C=O) groups is 3. The average molecular weight is 328 g/mol. The Morgan fingerprint density at radius 2 is 1.78 bits per heavy atom. The predicted molar refractivity (Wildman–Crippen MR) is 84.6 cm³/mol. The fraction of sp³-hybridized carbons (Fsp3) is 0.812. The van der Waals surface area contributed by atoms with Crippen molar-refractivity contribution in [2.45, 2.75) is 58.1 Å². The Bertz CT molecular complexity index is 407. The highest BCUT2D eigenvalue weighted by Crippen LogP contribution is 2.28. The van der Waals surface area contributed by atoms with E-state index in [1.54, 1.807) is 0 Å². The molecule has 0 aromatic carbocycles. The molecule has 1 aliphatic carbocycles. The van der Waals surface area contributed by atoms with Crippen LogP contribution in [0.2, 0.25) is 0 Å². The Balaban J connectivity index is 0.000000816. The van der Waals surface area contributed by atoms with Gasteiger partial charge in [-0.1, -0.05) is 13.8 Å². The van der Waals surface area contributed by atoms with Gasteiger partial charge in [0, 0.05) is 24.9 Å². The molecule has 7 heteroatoms. The Hall–Kier alpha value is -1.63. The monoisotopic (exact) mass is 328 g/mol. The number of likely N-dealkylation sites (tertiary alicyclic amines) is 1. The van der Waals surface area contributed by atoms with Gasteiger partial charge in [0.2, 0.25) is 11.8 Å². The molecule has 0 bridgehead atoms. The number of carboxylic acid groups (broad SMARTS) is 1. The second-order valence-corrected chi connectivity index (χ2v) is 6.48. The zero-order chi connectivity index (χ0) is 17.4. The van der Waals surface area contributed by atoms with Crippen LogP contribution in [0.25, 0.3) is 0 Å². The summed E-state index contributed by atoms with van der Waals surface area (Å²) in [5, 5.41) is 19.8. The molecule has 1 saturated heterocycles. The van der Waals surface area contributed by atoms with Gasteiger partial charge in [0.1, 0.15) is 0 Å². The fourth-order valence-corrected chi connectivity index (χ4v) is 3.08. The molecular weight excluding hydrogens is 300 g/mol. The first-order chi connectivity index (χ1) is 10.9. The topological polar surface area (TPSA) is 107 Å². The van der Waals surface area contributed by atoms with Crippen LogP contribution < -0.4 is 5.32 Å². The zero-order valence-corrected chi connectivity index (χ0v) is 13.9. The SMILES string of the molecule is CC(C)C(=O)N[C@@H]1C[C@@H](C(=O)N2CCCC2)CC[C@H]1O.O=CO. The summed E-state index contributed by atoms with van der Waals surface area (Å²) >= 11 is 0. The van der Waals surface area contributed by atoms with E-state index >= 15 is 0 Å². The largest absolute Gasteiger partial charge is 0.483 e. The van der Waals surface area contributed by atoms with Crippen LogP contribution in [0.1, 0.15) is 46.0 Å². The van der Waals surface area contributed by atoms with E-state index in [0.29, 0.717) is 12.8 Å². The summed E-state index contributed by atoms with van der Waals surface area (Å²) in [5.74, 6) is 0.00680. The van der Waals surface area contributed by atoms with Crippen molar-refractivity contribution < 1.29 is 24.6 Å². The first kappa shape index (κ1) is 19.4. The number of amides is 2. The number of carbonyl (C=O) groups excluding carboxylic acids is 2. The third-order valence-corrected chi connectivity index (χ3v) is 4.43. The number of hydrogen-bond donors (Lipinski definition) is 3. The van der Waals surface area contributed by atoms with Crippen LogP contribution in [0.3, 0.4) is 0 Å². The van der Waals surface area contributed by atoms with Gasteiger partial charge >= 0.3 is 0 Å². The zero-order valence-electron chi connectivity index (χ0n) is 13.9. The molecule has 3 N–H and O–H groups in total. The molecule has 0 aromatic rings. The van der Waals surface area contributed by atoms with Crippen molar-refractivity contribution >= 4 is 18.3 Å². The first-order valence-corrected chi connectivity index (χ1v) is 8.25. The van der Waals surface area contributed by atoms with Gasteiger partial charge in [-0.25, -0.2) is 0 Å². The Morgan fingerprint density at radius 1 is 1.22 bits per heavy atom. The van der Waals surface area contributed by atoms with Crippen LogP contribution in [0.5, 0.6) is 0 Å². The minimum atomic E-state index is -0.527. The molecule has 1 heterocycles. The number of nitrogens with one attached hydrogen (secondary N) is 1. The van der Waals surface area contributed by atoms with E-state index in [4.69, 9.17) is 9.90 Å². The molecule has 2 aliphatic rings. The second kappa shape index (κ2) is 9.50. The number of nitrogens with zero attached hydrogens (tertiary/aromatic N) is 1. The van der Waals surface area contributed by atoms with E-state index in [1.807, 2.05) is 18.7 Å².